The summed E-state index contributed by atoms with van der Waals surface area (Å²) in [6, 6.07) is 23.3. The molecule has 2 amide bonds. The molecule has 0 saturated carbocycles. The number of halogens is 1. The first-order valence-corrected chi connectivity index (χ1v) is 12.0. The third kappa shape index (κ3) is 6.76. The number of ether oxygens (including phenoxy) is 1. The highest BCUT2D eigenvalue weighted by Crippen LogP contribution is 2.25. The van der Waals surface area contributed by atoms with Gasteiger partial charge in [0.15, 0.2) is 0 Å². The number of carbonyl (C=O) groups is 2. The predicted molar refractivity (Wildman–Crippen MR) is 135 cm³/mol. The number of aryl methyl sites for hydroxylation is 1. The summed E-state index contributed by atoms with van der Waals surface area (Å²) in [5.41, 5.74) is 3.94. The molecule has 182 valence electrons. The normalized spacial score (nSPS) is 15.8. The second-order valence-electron chi connectivity index (χ2n) is 9.02. The van der Waals surface area contributed by atoms with E-state index >= 15 is 0 Å². The molecule has 1 saturated heterocycles. The Hall–Kier alpha value is -3.51. The molecular weight excluding hydrogens is 464 g/mol. The molecule has 0 radical (unpaired) electrons. The van der Waals surface area contributed by atoms with Gasteiger partial charge < -0.3 is 19.6 Å². The maximum atomic E-state index is 13.3. The molecule has 35 heavy (non-hydrogen) atoms. The zero-order valence-corrected chi connectivity index (χ0v) is 20.4. The van der Waals surface area contributed by atoms with E-state index in [9.17, 15) is 14.7 Å². The Morgan fingerprint density at radius 2 is 1.66 bits per heavy atom. The van der Waals surface area contributed by atoms with Gasteiger partial charge in [-0.3, -0.25) is 4.79 Å². The molecule has 1 N–H and O–H groups in total. The zero-order chi connectivity index (χ0) is 24.8. The van der Waals surface area contributed by atoms with Crippen LogP contribution in [0.15, 0.2) is 72.8 Å². The van der Waals surface area contributed by atoms with Gasteiger partial charge in [-0.2, -0.15) is 0 Å². The van der Waals surface area contributed by atoms with E-state index in [2.05, 4.69) is 0 Å². The Bertz CT molecular complexity index is 1170. The van der Waals surface area contributed by atoms with Crippen LogP contribution in [0.2, 0.25) is 5.02 Å². The number of aliphatic carboxylic acids is 1. The van der Waals surface area contributed by atoms with Crippen LogP contribution in [-0.4, -0.2) is 40.0 Å². The minimum atomic E-state index is -0.863. The number of hydrogen-bond donors (Lipinski definition) is 1. The van der Waals surface area contributed by atoms with E-state index in [-0.39, 0.29) is 18.4 Å². The Morgan fingerprint density at radius 1 is 0.971 bits per heavy atom. The van der Waals surface area contributed by atoms with Gasteiger partial charge in [0.25, 0.3) is 0 Å². The largest absolute Gasteiger partial charge is 0.489 e. The summed E-state index contributed by atoms with van der Waals surface area (Å²) < 4.78 is 5.86. The summed E-state index contributed by atoms with van der Waals surface area (Å²) in [6.45, 7) is 3.97. The van der Waals surface area contributed by atoms with Gasteiger partial charge in [-0.15, -0.1) is 0 Å². The summed E-state index contributed by atoms with van der Waals surface area (Å²) in [4.78, 5) is 28.1. The Balaban J connectivity index is 1.43. The van der Waals surface area contributed by atoms with Crippen molar-refractivity contribution in [2.24, 2.45) is 5.92 Å². The minimum Gasteiger partial charge on any atom is -0.489 e. The van der Waals surface area contributed by atoms with Crippen LogP contribution in [0, 0.1) is 12.8 Å². The van der Waals surface area contributed by atoms with Crippen molar-refractivity contribution in [1.82, 2.24) is 9.80 Å². The van der Waals surface area contributed by atoms with Crippen molar-refractivity contribution in [3.63, 3.8) is 0 Å². The van der Waals surface area contributed by atoms with E-state index in [1.165, 1.54) is 0 Å². The van der Waals surface area contributed by atoms with Crippen LogP contribution in [-0.2, 0) is 24.5 Å². The average Bonchev–Trinajstić information content (AvgIpc) is 2.83. The molecule has 4 rings (SSSR count). The van der Waals surface area contributed by atoms with E-state index in [4.69, 9.17) is 16.3 Å². The molecule has 0 aliphatic carbocycles. The number of carboxylic acids is 1. The van der Waals surface area contributed by atoms with E-state index in [1.54, 1.807) is 9.80 Å². The van der Waals surface area contributed by atoms with Crippen LogP contribution in [0.4, 0.5) is 4.79 Å². The molecule has 3 aromatic carbocycles. The van der Waals surface area contributed by atoms with Crippen LogP contribution < -0.4 is 4.74 Å². The monoisotopic (exact) mass is 492 g/mol. The van der Waals surface area contributed by atoms with E-state index in [0.717, 1.165) is 28.0 Å². The lowest BCUT2D eigenvalue weighted by molar-refractivity contribution is -0.138. The van der Waals surface area contributed by atoms with Crippen molar-refractivity contribution in [3.05, 3.63) is 100 Å². The molecule has 6 nitrogen and oxygen atoms in total. The second kappa shape index (κ2) is 11.3. The van der Waals surface area contributed by atoms with Crippen LogP contribution >= 0.6 is 11.6 Å². The topological polar surface area (TPSA) is 70.1 Å². The molecule has 7 heteroatoms. The smallest absolute Gasteiger partial charge is 0.320 e. The first-order valence-electron chi connectivity index (χ1n) is 11.6. The summed E-state index contributed by atoms with van der Waals surface area (Å²) in [5, 5.41) is 9.97. The fourth-order valence-electron chi connectivity index (χ4n) is 4.32. The molecule has 0 aromatic heterocycles. The van der Waals surface area contributed by atoms with Crippen molar-refractivity contribution in [1.29, 1.82) is 0 Å². The number of carbonyl (C=O) groups excluding carboxylic acids is 1. The molecular formula is C28H29ClN2O4. The second-order valence-corrected chi connectivity index (χ2v) is 9.43. The standard InChI is InChI=1S/C28H29ClN2O4/c1-20-7-10-24(26(29)13-20)18-31-17-23(14-27(32)33)16-30(28(31)34)15-21-8-11-25(12-9-21)35-19-22-5-3-2-4-6-22/h2-13,23H,14-19H2,1H3,(H,32,33). The molecule has 3 aromatic rings. The number of benzene rings is 3. The first kappa shape index (κ1) is 24.6. The van der Waals surface area contributed by atoms with Crippen molar-refractivity contribution < 1.29 is 19.4 Å². The Morgan fingerprint density at radius 3 is 2.31 bits per heavy atom. The minimum absolute atomic E-state index is 0.00811. The number of carboxylic acid groups (broad SMARTS) is 1. The lowest BCUT2D eigenvalue weighted by atomic mass is 10.0. The zero-order valence-electron chi connectivity index (χ0n) is 19.7. The molecule has 0 bridgehead atoms. The SMILES string of the molecule is Cc1ccc(CN2CC(CC(=O)O)CN(Cc3ccc(OCc4ccccc4)cc3)C2=O)c(Cl)c1. The van der Waals surface area contributed by atoms with Crippen LogP contribution in [0.25, 0.3) is 0 Å². The van der Waals surface area contributed by atoms with Crippen LogP contribution in [0.1, 0.15) is 28.7 Å². The summed E-state index contributed by atoms with van der Waals surface area (Å²) >= 11 is 6.41. The molecule has 1 fully saturated rings. The fourth-order valence-corrected chi connectivity index (χ4v) is 4.61. The van der Waals surface area contributed by atoms with Gasteiger partial charge >= 0.3 is 12.0 Å². The van der Waals surface area contributed by atoms with Gasteiger partial charge in [0, 0.05) is 37.1 Å². The first-order chi connectivity index (χ1) is 16.9. The summed E-state index contributed by atoms with van der Waals surface area (Å²) in [5.74, 6) is -0.276. The van der Waals surface area contributed by atoms with Crippen LogP contribution in [0.5, 0.6) is 5.75 Å². The lowest BCUT2D eigenvalue weighted by Gasteiger charge is -2.40. The molecule has 1 atom stereocenters. The Kier molecular flexibility index (Phi) is 7.93. The molecule has 1 unspecified atom stereocenters. The van der Waals surface area contributed by atoms with Gasteiger partial charge in [-0.05, 0) is 47.4 Å². The third-order valence-electron chi connectivity index (χ3n) is 6.08. The number of hydrogen-bond acceptors (Lipinski definition) is 3. The predicted octanol–water partition coefficient (Wildman–Crippen LogP) is 5.76. The number of amides is 2. The highest BCUT2D eigenvalue weighted by Gasteiger charge is 2.33. The quantitative estimate of drug-likeness (QED) is 0.412. The highest BCUT2D eigenvalue weighted by atomic mass is 35.5. The molecule has 1 aliphatic heterocycles. The van der Waals surface area contributed by atoms with Crippen molar-refractivity contribution >= 4 is 23.6 Å². The van der Waals surface area contributed by atoms with Crippen molar-refractivity contribution in [2.75, 3.05) is 13.1 Å². The van der Waals surface area contributed by atoms with Gasteiger partial charge in [0.2, 0.25) is 0 Å². The van der Waals surface area contributed by atoms with Gasteiger partial charge in [-0.25, -0.2) is 4.79 Å². The summed E-state index contributed by atoms with van der Waals surface area (Å²) in [6.07, 6.45) is 0.00811. The summed E-state index contributed by atoms with van der Waals surface area (Å²) in [7, 11) is 0. The van der Waals surface area contributed by atoms with Gasteiger partial charge in [0.1, 0.15) is 12.4 Å². The number of nitrogens with zero attached hydrogens (tertiary/aromatic N) is 2. The van der Waals surface area contributed by atoms with Gasteiger partial charge in [0.05, 0.1) is 6.42 Å². The van der Waals surface area contributed by atoms with E-state index in [0.29, 0.717) is 37.8 Å². The maximum absolute atomic E-state index is 13.3. The maximum Gasteiger partial charge on any atom is 0.320 e. The van der Waals surface area contributed by atoms with E-state index < -0.39 is 5.97 Å². The fraction of sp³-hybridized carbons (Fsp3) is 0.286. The van der Waals surface area contributed by atoms with Crippen molar-refractivity contribution in [3.8, 4) is 5.75 Å². The number of urea groups is 1. The van der Waals surface area contributed by atoms with Crippen molar-refractivity contribution in [2.45, 2.75) is 33.0 Å². The van der Waals surface area contributed by atoms with Gasteiger partial charge in [-0.1, -0.05) is 66.2 Å². The molecule has 1 aliphatic rings. The average molecular weight is 493 g/mol. The lowest BCUT2D eigenvalue weighted by Crippen LogP contribution is -2.52. The highest BCUT2D eigenvalue weighted by molar-refractivity contribution is 6.31. The number of rotatable bonds is 9. The van der Waals surface area contributed by atoms with E-state index in [1.807, 2.05) is 79.7 Å². The van der Waals surface area contributed by atoms with Crippen LogP contribution in [0.3, 0.4) is 0 Å². The Labute approximate surface area is 210 Å². The third-order valence-corrected chi connectivity index (χ3v) is 6.43. The molecule has 0 spiro atoms. The molecule has 1 heterocycles.